The maximum Gasteiger partial charge on any atom is 0.303 e. The third-order valence-electron chi connectivity index (χ3n) is 3.67. The normalized spacial score (nSPS) is 18.2. The van der Waals surface area contributed by atoms with Gasteiger partial charge < -0.3 is 9.84 Å². The molecule has 0 aromatic heterocycles. The van der Waals surface area contributed by atoms with Crippen LogP contribution in [-0.4, -0.2) is 39.4 Å². The Kier molecular flexibility index (Phi) is 5.46. The lowest BCUT2D eigenvalue weighted by Crippen LogP contribution is -2.29. The van der Waals surface area contributed by atoms with Crippen LogP contribution in [0.4, 0.5) is 0 Å². The molecule has 0 spiro atoms. The lowest BCUT2D eigenvalue weighted by molar-refractivity contribution is -0.137. The average Bonchev–Trinajstić information content (AvgIpc) is 2.81. The van der Waals surface area contributed by atoms with Gasteiger partial charge in [0.05, 0.1) is 4.91 Å². The summed E-state index contributed by atoms with van der Waals surface area (Å²) in [5.41, 5.74) is 1.71. The van der Waals surface area contributed by atoms with Crippen molar-refractivity contribution in [1.82, 2.24) is 4.90 Å². The fourth-order valence-electron chi connectivity index (χ4n) is 2.50. The smallest absolute Gasteiger partial charge is 0.303 e. The van der Waals surface area contributed by atoms with Crippen molar-refractivity contribution in [3.05, 3.63) is 45.3 Å². The van der Waals surface area contributed by atoms with Crippen LogP contribution in [0.3, 0.4) is 0 Å². The minimum absolute atomic E-state index is 0.00659. The van der Waals surface area contributed by atoms with E-state index in [9.17, 15) is 9.59 Å². The van der Waals surface area contributed by atoms with Crippen LogP contribution in [0.5, 0.6) is 5.75 Å². The van der Waals surface area contributed by atoms with E-state index in [1.54, 1.807) is 18.2 Å². The molecular formula is C17H14ClNO4S2. The molecule has 1 fully saturated rings. The van der Waals surface area contributed by atoms with Crippen LogP contribution in [-0.2, 0) is 9.59 Å². The first-order valence-electron chi connectivity index (χ1n) is 7.54. The molecule has 0 radical (unpaired) electrons. The highest BCUT2D eigenvalue weighted by molar-refractivity contribution is 8.26. The molecule has 130 valence electrons. The van der Waals surface area contributed by atoms with Crippen molar-refractivity contribution in [3.63, 3.8) is 0 Å². The van der Waals surface area contributed by atoms with Crippen LogP contribution >= 0.6 is 35.6 Å². The van der Waals surface area contributed by atoms with Gasteiger partial charge in [-0.1, -0.05) is 35.6 Å². The number of hydrogen-bond donors (Lipinski definition) is 1. The van der Waals surface area contributed by atoms with Crippen molar-refractivity contribution in [3.8, 4) is 5.75 Å². The van der Waals surface area contributed by atoms with Gasteiger partial charge in [0.25, 0.3) is 5.91 Å². The molecule has 1 amide bonds. The van der Waals surface area contributed by atoms with Gasteiger partial charge in [0, 0.05) is 23.6 Å². The largest absolute Gasteiger partial charge is 0.488 e. The van der Waals surface area contributed by atoms with Gasteiger partial charge in [0.2, 0.25) is 0 Å². The molecule has 1 aromatic carbocycles. The number of ether oxygens (including phenoxy) is 1. The summed E-state index contributed by atoms with van der Waals surface area (Å²) in [5.74, 6) is -0.330. The number of carboxylic acids is 1. The summed E-state index contributed by atoms with van der Waals surface area (Å²) in [6, 6.07) is 5.38. The highest BCUT2D eigenvalue weighted by Crippen LogP contribution is 2.34. The Balaban J connectivity index is 1.75. The van der Waals surface area contributed by atoms with E-state index < -0.39 is 5.97 Å². The van der Waals surface area contributed by atoms with Crippen molar-refractivity contribution in [2.75, 3.05) is 13.2 Å². The molecular weight excluding hydrogens is 382 g/mol. The highest BCUT2D eigenvalue weighted by atomic mass is 35.5. The molecule has 1 saturated heterocycles. The molecule has 0 bridgehead atoms. The molecule has 3 rings (SSSR count). The number of aliphatic carboxylic acids is 1. The molecule has 0 saturated carbocycles. The second-order valence-electron chi connectivity index (χ2n) is 5.52. The minimum Gasteiger partial charge on any atom is -0.488 e. The van der Waals surface area contributed by atoms with E-state index in [0.717, 1.165) is 16.9 Å². The van der Waals surface area contributed by atoms with Crippen molar-refractivity contribution in [2.45, 2.75) is 12.8 Å². The van der Waals surface area contributed by atoms with Gasteiger partial charge >= 0.3 is 5.97 Å². The van der Waals surface area contributed by atoms with E-state index in [0.29, 0.717) is 33.8 Å². The number of fused-ring (bicyclic) bond motifs is 1. The van der Waals surface area contributed by atoms with Gasteiger partial charge in [0.15, 0.2) is 0 Å². The summed E-state index contributed by atoms with van der Waals surface area (Å²) in [7, 11) is 0. The zero-order chi connectivity index (χ0) is 18.0. The zero-order valence-electron chi connectivity index (χ0n) is 13.0. The number of carbonyl (C=O) groups is 2. The molecule has 0 aliphatic carbocycles. The lowest BCUT2D eigenvalue weighted by atomic mass is 10.1. The van der Waals surface area contributed by atoms with Crippen LogP contribution < -0.4 is 4.74 Å². The Morgan fingerprint density at radius 2 is 2.28 bits per heavy atom. The maximum absolute atomic E-state index is 12.5. The summed E-state index contributed by atoms with van der Waals surface area (Å²) in [4.78, 5) is 25.0. The number of amides is 1. The number of nitrogens with zero attached hydrogens (tertiary/aromatic N) is 1. The van der Waals surface area contributed by atoms with Gasteiger partial charge in [-0.25, -0.2) is 0 Å². The molecule has 25 heavy (non-hydrogen) atoms. The van der Waals surface area contributed by atoms with Gasteiger partial charge in [-0.3, -0.25) is 14.5 Å². The van der Waals surface area contributed by atoms with E-state index in [4.69, 9.17) is 33.7 Å². The number of benzene rings is 1. The Labute approximate surface area is 159 Å². The molecule has 2 aliphatic rings. The van der Waals surface area contributed by atoms with E-state index in [1.165, 1.54) is 16.7 Å². The Bertz CT molecular complexity index is 819. The summed E-state index contributed by atoms with van der Waals surface area (Å²) in [6.45, 7) is 0.667. The fourth-order valence-corrected chi connectivity index (χ4v) is 4.00. The second kappa shape index (κ2) is 7.59. The Morgan fingerprint density at radius 3 is 3.04 bits per heavy atom. The fraction of sp³-hybridized carbons (Fsp3) is 0.235. The van der Waals surface area contributed by atoms with Crippen molar-refractivity contribution in [1.29, 1.82) is 0 Å². The van der Waals surface area contributed by atoms with Crippen LogP contribution in [0.1, 0.15) is 18.4 Å². The van der Waals surface area contributed by atoms with Gasteiger partial charge in [0.1, 0.15) is 16.7 Å². The van der Waals surface area contributed by atoms with E-state index in [2.05, 4.69) is 0 Å². The van der Waals surface area contributed by atoms with Crippen LogP contribution in [0.15, 0.2) is 34.8 Å². The number of thiocarbonyl (C=S) groups is 1. The van der Waals surface area contributed by atoms with Gasteiger partial charge in [-0.05, 0) is 42.3 Å². The Hall–Kier alpha value is -1.83. The predicted molar refractivity (Wildman–Crippen MR) is 102 cm³/mol. The first-order chi connectivity index (χ1) is 11.9. The summed E-state index contributed by atoms with van der Waals surface area (Å²) in [6.07, 6.45) is 4.07. The number of thioether (sulfide) groups is 1. The number of rotatable bonds is 5. The van der Waals surface area contributed by atoms with Crippen molar-refractivity contribution < 1.29 is 19.4 Å². The Morgan fingerprint density at radius 1 is 1.48 bits per heavy atom. The molecule has 2 aliphatic heterocycles. The molecule has 1 aromatic rings. The predicted octanol–water partition coefficient (Wildman–Crippen LogP) is 3.72. The van der Waals surface area contributed by atoms with E-state index in [1.807, 2.05) is 12.1 Å². The van der Waals surface area contributed by atoms with Crippen LogP contribution in [0.25, 0.3) is 6.08 Å². The molecule has 8 heteroatoms. The zero-order valence-corrected chi connectivity index (χ0v) is 15.4. The monoisotopic (exact) mass is 395 g/mol. The second-order valence-corrected chi connectivity index (χ2v) is 7.63. The number of carbonyl (C=O) groups excluding carboxylic acids is 1. The van der Waals surface area contributed by atoms with E-state index in [-0.39, 0.29) is 12.3 Å². The first kappa shape index (κ1) is 18.0. The maximum atomic E-state index is 12.5. The average molecular weight is 396 g/mol. The summed E-state index contributed by atoms with van der Waals surface area (Å²) < 4.78 is 6.12. The van der Waals surface area contributed by atoms with Gasteiger partial charge in [-0.2, -0.15) is 0 Å². The third kappa shape index (κ3) is 4.23. The van der Waals surface area contributed by atoms with Crippen molar-refractivity contribution in [2.24, 2.45) is 0 Å². The van der Waals surface area contributed by atoms with Crippen molar-refractivity contribution >= 4 is 57.9 Å². The highest BCUT2D eigenvalue weighted by Gasteiger charge is 2.32. The third-order valence-corrected chi connectivity index (χ3v) is 5.28. The molecule has 5 nitrogen and oxygen atoms in total. The molecule has 1 N–H and O–H groups in total. The van der Waals surface area contributed by atoms with Crippen LogP contribution in [0, 0.1) is 0 Å². The number of carboxylic acid groups (broad SMARTS) is 1. The number of hydrogen-bond acceptors (Lipinski definition) is 5. The SMILES string of the molecule is O=C(O)CCCN1C(=O)/C(=C/C2=Cc3cc(Cl)ccc3OC2)SC1=S. The number of halogens is 1. The molecule has 0 unspecified atom stereocenters. The van der Waals surface area contributed by atoms with E-state index >= 15 is 0 Å². The van der Waals surface area contributed by atoms with Crippen LogP contribution in [0.2, 0.25) is 5.02 Å². The molecule has 2 heterocycles. The quantitative estimate of drug-likeness (QED) is 0.605. The lowest BCUT2D eigenvalue weighted by Gasteiger charge is -2.16. The topological polar surface area (TPSA) is 66.8 Å². The standard InChI is InChI=1S/C17H14ClNO4S2/c18-12-3-4-13-11(8-12)6-10(9-23-13)7-14-16(22)19(17(24)25-14)5-1-2-15(20)21/h3-4,6-8H,1-2,5,9H2,(H,20,21)/b14-7-. The summed E-state index contributed by atoms with van der Waals surface area (Å²) >= 11 is 12.5. The molecule has 0 atom stereocenters. The van der Waals surface area contributed by atoms with Gasteiger partial charge in [-0.15, -0.1) is 0 Å². The minimum atomic E-state index is -0.886. The first-order valence-corrected chi connectivity index (χ1v) is 9.14. The summed E-state index contributed by atoms with van der Waals surface area (Å²) in [5, 5.41) is 9.32.